The van der Waals surface area contributed by atoms with Crippen LogP contribution in [0.5, 0.6) is 0 Å². The summed E-state index contributed by atoms with van der Waals surface area (Å²) in [6.45, 7) is 1.29. The largest absolute Gasteiger partial charge is 0.350 e. The number of hydrogen-bond acceptors (Lipinski definition) is 3. The number of carbonyl (C=O) groups is 1. The van der Waals surface area contributed by atoms with Crippen LogP contribution in [0.25, 0.3) is 0 Å². The van der Waals surface area contributed by atoms with Gasteiger partial charge in [0.05, 0.1) is 18.1 Å². The number of hydrogen-bond donors (Lipinski definition) is 1. The SMILES string of the molecule is Cn1cc(C(=O)NCCn2ccnc2)cn1. The second-order valence-corrected chi connectivity index (χ2v) is 3.46. The molecule has 84 valence electrons. The predicted octanol–water partition coefficient (Wildman–Crippen LogP) is 0.0466. The van der Waals surface area contributed by atoms with E-state index in [1.807, 2.05) is 10.8 Å². The molecule has 0 aliphatic rings. The molecule has 0 bridgehead atoms. The number of nitrogens with one attached hydrogen (secondary N) is 1. The van der Waals surface area contributed by atoms with Gasteiger partial charge < -0.3 is 9.88 Å². The van der Waals surface area contributed by atoms with E-state index in [2.05, 4.69) is 15.4 Å². The summed E-state index contributed by atoms with van der Waals surface area (Å²) in [5.41, 5.74) is 0.577. The van der Waals surface area contributed by atoms with Crippen LogP contribution < -0.4 is 5.32 Å². The maximum absolute atomic E-state index is 11.6. The van der Waals surface area contributed by atoms with E-state index in [9.17, 15) is 4.79 Å². The molecule has 0 saturated heterocycles. The van der Waals surface area contributed by atoms with Gasteiger partial charge in [-0.2, -0.15) is 5.10 Å². The molecule has 2 aromatic heterocycles. The van der Waals surface area contributed by atoms with Crippen molar-refractivity contribution in [2.75, 3.05) is 6.54 Å². The number of aromatic nitrogens is 4. The molecule has 6 heteroatoms. The fraction of sp³-hybridized carbons (Fsp3) is 0.300. The van der Waals surface area contributed by atoms with Crippen molar-refractivity contribution in [3.05, 3.63) is 36.7 Å². The number of aryl methyl sites for hydroxylation is 1. The number of imidazole rings is 1. The highest BCUT2D eigenvalue weighted by Gasteiger charge is 2.06. The second kappa shape index (κ2) is 4.61. The third-order valence-electron chi connectivity index (χ3n) is 2.18. The first-order valence-electron chi connectivity index (χ1n) is 4.98. The monoisotopic (exact) mass is 219 g/mol. The number of amides is 1. The molecular formula is C10H13N5O. The quantitative estimate of drug-likeness (QED) is 0.790. The lowest BCUT2D eigenvalue weighted by Crippen LogP contribution is -2.26. The van der Waals surface area contributed by atoms with Crippen LogP contribution in [0, 0.1) is 0 Å². The van der Waals surface area contributed by atoms with Gasteiger partial charge >= 0.3 is 0 Å². The molecule has 0 aliphatic carbocycles. The minimum Gasteiger partial charge on any atom is -0.350 e. The summed E-state index contributed by atoms with van der Waals surface area (Å²) in [5.74, 6) is -0.104. The molecule has 0 aromatic carbocycles. The van der Waals surface area contributed by atoms with Gasteiger partial charge in [-0.05, 0) is 0 Å². The first kappa shape index (κ1) is 10.4. The maximum Gasteiger partial charge on any atom is 0.254 e. The molecule has 2 heterocycles. The van der Waals surface area contributed by atoms with E-state index in [0.717, 1.165) is 0 Å². The summed E-state index contributed by atoms with van der Waals surface area (Å²) in [6, 6.07) is 0. The summed E-state index contributed by atoms with van der Waals surface area (Å²) < 4.78 is 3.51. The Labute approximate surface area is 92.9 Å². The van der Waals surface area contributed by atoms with E-state index in [0.29, 0.717) is 18.7 Å². The first-order valence-corrected chi connectivity index (χ1v) is 4.98. The lowest BCUT2D eigenvalue weighted by Gasteiger charge is -2.03. The van der Waals surface area contributed by atoms with Gasteiger partial charge in [-0.25, -0.2) is 4.98 Å². The molecule has 6 nitrogen and oxygen atoms in total. The molecule has 0 radical (unpaired) electrons. The Bertz CT molecular complexity index is 459. The zero-order valence-corrected chi connectivity index (χ0v) is 9.00. The van der Waals surface area contributed by atoms with Crippen LogP contribution in [0.15, 0.2) is 31.1 Å². The molecule has 0 saturated carbocycles. The van der Waals surface area contributed by atoms with Gasteiger partial charge in [-0.1, -0.05) is 0 Å². The summed E-state index contributed by atoms with van der Waals surface area (Å²) in [6.07, 6.45) is 8.52. The topological polar surface area (TPSA) is 64.7 Å². The van der Waals surface area contributed by atoms with Crippen LogP contribution in [-0.2, 0) is 13.6 Å². The summed E-state index contributed by atoms with van der Waals surface area (Å²) in [4.78, 5) is 15.5. The van der Waals surface area contributed by atoms with Gasteiger partial charge in [-0.15, -0.1) is 0 Å². The Morgan fingerprint density at radius 2 is 2.44 bits per heavy atom. The number of carbonyl (C=O) groups excluding carboxylic acids is 1. The average molecular weight is 219 g/mol. The molecule has 0 fully saturated rings. The van der Waals surface area contributed by atoms with Crippen LogP contribution in [0.1, 0.15) is 10.4 Å². The van der Waals surface area contributed by atoms with Crippen molar-refractivity contribution in [1.29, 1.82) is 0 Å². The fourth-order valence-electron chi connectivity index (χ4n) is 1.36. The highest BCUT2D eigenvalue weighted by Crippen LogP contribution is 1.95. The molecule has 2 rings (SSSR count). The molecule has 1 amide bonds. The Hall–Kier alpha value is -2.11. The van der Waals surface area contributed by atoms with E-state index in [4.69, 9.17) is 0 Å². The van der Waals surface area contributed by atoms with Crippen LogP contribution in [0.3, 0.4) is 0 Å². The third kappa shape index (κ3) is 2.47. The Balaban J connectivity index is 1.80. The molecule has 0 atom stereocenters. The summed E-state index contributed by atoms with van der Waals surface area (Å²) in [7, 11) is 1.78. The van der Waals surface area contributed by atoms with Gasteiger partial charge in [-0.3, -0.25) is 9.48 Å². The standard InChI is InChI=1S/C10H13N5O/c1-14-7-9(6-13-14)10(16)12-3-5-15-4-2-11-8-15/h2,4,6-8H,3,5H2,1H3,(H,12,16). The normalized spacial score (nSPS) is 10.3. The van der Waals surface area contributed by atoms with Gasteiger partial charge in [0.1, 0.15) is 0 Å². The van der Waals surface area contributed by atoms with E-state index < -0.39 is 0 Å². The minimum absolute atomic E-state index is 0.104. The van der Waals surface area contributed by atoms with Gasteiger partial charge in [0.15, 0.2) is 0 Å². The van der Waals surface area contributed by atoms with Crippen molar-refractivity contribution in [2.45, 2.75) is 6.54 Å². The van der Waals surface area contributed by atoms with Crippen molar-refractivity contribution in [3.63, 3.8) is 0 Å². The van der Waals surface area contributed by atoms with Crippen LogP contribution in [-0.4, -0.2) is 31.8 Å². The highest BCUT2D eigenvalue weighted by atomic mass is 16.1. The van der Waals surface area contributed by atoms with E-state index >= 15 is 0 Å². The third-order valence-corrected chi connectivity index (χ3v) is 2.18. The van der Waals surface area contributed by atoms with Gasteiger partial charge in [0, 0.05) is 38.7 Å². The minimum atomic E-state index is -0.104. The first-order chi connectivity index (χ1) is 7.75. The molecule has 1 N–H and O–H groups in total. The lowest BCUT2D eigenvalue weighted by molar-refractivity contribution is 0.0952. The van der Waals surface area contributed by atoms with Crippen molar-refractivity contribution < 1.29 is 4.79 Å². The van der Waals surface area contributed by atoms with E-state index in [1.165, 1.54) is 0 Å². The van der Waals surface area contributed by atoms with E-state index in [-0.39, 0.29) is 5.91 Å². The zero-order valence-electron chi connectivity index (χ0n) is 9.00. The van der Waals surface area contributed by atoms with Crippen molar-refractivity contribution in [1.82, 2.24) is 24.6 Å². The van der Waals surface area contributed by atoms with Gasteiger partial charge in [0.2, 0.25) is 0 Å². The van der Waals surface area contributed by atoms with Crippen LogP contribution in [0.2, 0.25) is 0 Å². The highest BCUT2D eigenvalue weighted by molar-refractivity contribution is 5.93. The molecular weight excluding hydrogens is 206 g/mol. The van der Waals surface area contributed by atoms with Crippen LogP contribution in [0.4, 0.5) is 0 Å². The number of nitrogens with zero attached hydrogens (tertiary/aromatic N) is 4. The number of rotatable bonds is 4. The lowest BCUT2D eigenvalue weighted by atomic mass is 10.3. The molecule has 0 unspecified atom stereocenters. The maximum atomic E-state index is 11.6. The van der Waals surface area contributed by atoms with Gasteiger partial charge in [0.25, 0.3) is 5.91 Å². The van der Waals surface area contributed by atoms with Crippen molar-refractivity contribution in [3.8, 4) is 0 Å². The summed E-state index contributed by atoms with van der Waals surface area (Å²) in [5, 5.41) is 6.75. The van der Waals surface area contributed by atoms with Crippen LogP contribution >= 0.6 is 0 Å². The predicted molar refractivity (Wildman–Crippen MR) is 57.8 cm³/mol. The molecule has 0 aliphatic heterocycles. The summed E-state index contributed by atoms with van der Waals surface area (Å²) >= 11 is 0. The zero-order chi connectivity index (χ0) is 11.4. The molecule has 16 heavy (non-hydrogen) atoms. The van der Waals surface area contributed by atoms with Crippen molar-refractivity contribution in [2.24, 2.45) is 7.05 Å². The van der Waals surface area contributed by atoms with Crippen molar-refractivity contribution >= 4 is 5.91 Å². The molecule has 2 aromatic rings. The Kier molecular flexibility index (Phi) is 3.00. The Morgan fingerprint density at radius 3 is 3.06 bits per heavy atom. The molecule has 0 spiro atoms. The second-order valence-electron chi connectivity index (χ2n) is 3.46. The smallest absolute Gasteiger partial charge is 0.254 e. The average Bonchev–Trinajstić information content (AvgIpc) is 2.89. The Morgan fingerprint density at radius 1 is 1.56 bits per heavy atom. The fourth-order valence-corrected chi connectivity index (χ4v) is 1.36. The van der Waals surface area contributed by atoms with E-state index in [1.54, 1.807) is 36.6 Å².